The molecule has 3 N–H and O–H groups in total. The number of halogens is 3. The number of nitrogens with two attached hydrogens (primary N) is 1. The average Bonchev–Trinajstić information content (AvgIpc) is 2.33. The Kier molecular flexibility index (Phi) is 4.34. The molecule has 2 aromatic rings. The number of nitrogens with one attached hydrogen (secondary N) is 1. The molecular weight excluding hydrogens is 343 g/mol. The Balaban J connectivity index is 2.43. The highest BCUT2D eigenvalue weighted by Gasteiger charge is 2.21. The number of hydrogen-bond acceptors (Lipinski definition) is 3. The van der Waals surface area contributed by atoms with Crippen LogP contribution in [0.15, 0.2) is 41.3 Å². The second kappa shape index (κ2) is 5.69. The third-order valence-corrected chi connectivity index (χ3v) is 5.10. The maximum Gasteiger partial charge on any atom is 0.264 e. The fraction of sp³-hybridized carbons (Fsp3) is 0. The zero-order chi connectivity index (χ0) is 14.9. The molecule has 0 radical (unpaired) electrons. The van der Waals surface area contributed by atoms with Gasteiger partial charge in [0, 0.05) is 0 Å². The first-order chi connectivity index (χ1) is 9.31. The lowest BCUT2D eigenvalue weighted by Gasteiger charge is -2.11. The molecule has 2 rings (SSSR count). The predicted octanol–water partition coefficient (Wildman–Crippen LogP) is 4.03. The molecule has 0 aromatic heterocycles. The molecule has 0 atom stereocenters. The molecule has 4 nitrogen and oxygen atoms in total. The fourth-order valence-corrected chi connectivity index (χ4v) is 3.91. The molecule has 0 aliphatic rings. The van der Waals surface area contributed by atoms with Crippen LogP contribution in [0.5, 0.6) is 0 Å². The number of rotatable bonds is 3. The molecule has 0 aliphatic heterocycles. The van der Waals surface area contributed by atoms with E-state index in [0.717, 1.165) is 0 Å². The van der Waals surface area contributed by atoms with Crippen LogP contribution in [0.3, 0.4) is 0 Å². The molecule has 0 bridgehead atoms. The number of benzene rings is 2. The Morgan fingerprint density at radius 2 is 1.55 bits per heavy atom. The summed E-state index contributed by atoms with van der Waals surface area (Å²) < 4.78 is 26.9. The Morgan fingerprint density at radius 3 is 2.10 bits per heavy atom. The quantitative estimate of drug-likeness (QED) is 0.820. The summed E-state index contributed by atoms with van der Waals surface area (Å²) in [6.45, 7) is 0. The van der Waals surface area contributed by atoms with Gasteiger partial charge in [0.1, 0.15) is 4.90 Å². The van der Waals surface area contributed by atoms with Crippen LogP contribution < -0.4 is 10.5 Å². The second-order valence-corrected chi connectivity index (χ2v) is 6.73. The Bertz CT molecular complexity index is 743. The van der Waals surface area contributed by atoms with E-state index in [1.54, 1.807) is 6.07 Å². The molecule has 0 saturated heterocycles. The normalized spacial score (nSPS) is 11.3. The lowest BCUT2D eigenvalue weighted by atomic mass is 10.3. The monoisotopic (exact) mass is 350 g/mol. The maximum absolute atomic E-state index is 12.3. The van der Waals surface area contributed by atoms with Gasteiger partial charge in [-0.2, -0.15) is 0 Å². The molecule has 2 aromatic carbocycles. The standard InChI is InChI=1S/C12H9Cl3N2O2S/c13-8-2-1-3-9(14)12(8)20(18,19)17-7-4-5-11(16)10(15)6-7/h1-6,17H,16H2. The summed E-state index contributed by atoms with van der Waals surface area (Å²) in [5.41, 5.74) is 6.18. The van der Waals surface area contributed by atoms with Crippen molar-refractivity contribution in [2.24, 2.45) is 0 Å². The van der Waals surface area contributed by atoms with Crippen molar-refractivity contribution in [3.8, 4) is 0 Å². The molecule has 8 heteroatoms. The van der Waals surface area contributed by atoms with Gasteiger partial charge < -0.3 is 5.73 Å². The summed E-state index contributed by atoms with van der Waals surface area (Å²) in [7, 11) is -3.92. The molecule has 0 spiro atoms. The summed E-state index contributed by atoms with van der Waals surface area (Å²) in [6, 6.07) is 8.83. The van der Waals surface area contributed by atoms with Gasteiger partial charge in [-0.15, -0.1) is 0 Å². The van der Waals surface area contributed by atoms with Crippen LogP contribution in [0.25, 0.3) is 0 Å². The molecule has 0 fully saturated rings. The SMILES string of the molecule is Nc1ccc(NS(=O)(=O)c2c(Cl)cccc2Cl)cc1Cl. The van der Waals surface area contributed by atoms with Crippen LogP contribution >= 0.6 is 34.8 Å². The predicted molar refractivity (Wildman–Crippen MR) is 83.1 cm³/mol. The van der Waals surface area contributed by atoms with Crippen LogP contribution in [-0.2, 0) is 10.0 Å². The second-order valence-electron chi connectivity index (χ2n) is 3.89. The number of hydrogen-bond donors (Lipinski definition) is 2. The van der Waals surface area contributed by atoms with E-state index >= 15 is 0 Å². The summed E-state index contributed by atoms with van der Waals surface area (Å²) in [5, 5.41) is 0.313. The Labute approximate surface area is 131 Å². The van der Waals surface area contributed by atoms with Crippen molar-refractivity contribution in [3.63, 3.8) is 0 Å². The first-order valence-corrected chi connectivity index (χ1v) is 7.95. The zero-order valence-electron chi connectivity index (χ0n) is 9.90. The lowest BCUT2D eigenvalue weighted by Crippen LogP contribution is -2.14. The van der Waals surface area contributed by atoms with Gasteiger partial charge in [0.25, 0.3) is 10.0 Å². The van der Waals surface area contributed by atoms with E-state index in [4.69, 9.17) is 40.5 Å². The van der Waals surface area contributed by atoms with Crippen molar-refractivity contribution < 1.29 is 8.42 Å². The smallest absolute Gasteiger partial charge is 0.264 e. The van der Waals surface area contributed by atoms with Crippen molar-refractivity contribution >= 4 is 56.2 Å². The summed E-state index contributed by atoms with van der Waals surface area (Å²) in [4.78, 5) is -0.184. The Morgan fingerprint density at radius 1 is 0.950 bits per heavy atom. The van der Waals surface area contributed by atoms with Crippen LogP contribution in [0, 0.1) is 0 Å². The first-order valence-electron chi connectivity index (χ1n) is 5.33. The average molecular weight is 352 g/mol. The number of sulfonamides is 1. The molecule has 0 heterocycles. The minimum absolute atomic E-state index is 0.0338. The zero-order valence-corrected chi connectivity index (χ0v) is 13.0. The van der Waals surface area contributed by atoms with Gasteiger partial charge in [-0.25, -0.2) is 8.42 Å². The van der Waals surface area contributed by atoms with E-state index in [2.05, 4.69) is 4.72 Å². The van der Waals surface area contributed by atoms with Crippen LogP contribution in [0.2, 0.25) is 15.1 Å². The third kappa shape index (κ3) is 3.12. The van der Waals surface area contributed by atoms with Crippen molar-refractivity contribution in [1.29, 1.82) is 0 Å². The summed E-state index contributed by atoms with van der Waals surface area (Å²) in [5.74, 6) is 0. The topological polar surface area (TPSA) is 72.2 Å². The minimum Gasteiger partial charge on any atom is -0.398 e. The van der Waals surface area contributed by atoms with E-state index in [9.17, 15) is 8.42 Å². The maximum atomic E-state index is 12.3. The largest absolute Gasteiger partial charge is 0.398 e. The summed E-state index contributed by atoms with van der Waals surface area (Å²) >= 11 is 17.6. The minimum atomic E-state index is -3.92. The van der Waals surface area contributed by atoms with E-state index in [1.807, 2.05) is 0 Å². The summed E-state index contributed by atoms with van der Waals surface area (Å²) in [6.07, 6.45) is 0. The van der Waals surface area contributed by atoms with Gasteiger partial charge in [-0.3, -0.25) is 4.72 Å². The van der Waals surface area contributed by atoms with Crippen molar-refractivity contribution in [2.75, 3.05) is 10.5 Å². The van der Waals surface area contributed by atoms with Crippen LogP contribution in [-0.4, -0.2) is 8.42 Å². The molecule has 0 amide bonds. The van der Waals surface area contributed by atoms with Gasteiger partial charge in [-0.05, 0) is 30.3 Å². The van der Waals surface area contributed by atoms with Gasteiger partial charge in [0.15, 0.2) is 0 Å². The van der Waals surface area contributed by atoms with Crippen molar-refractivity contribution in [2.45, 2.75) is 4.90 Å². The highest BCUT2D eigenvalue weighted by Crippen LogP contribution is 2.31. The van der Waals surface area contributed by atoms with Crippen molar-refractivity contribution in [3.05, 3.63) is 51.5 Å². The van der Waals surface area contributed by atoms with Gasteiger partial charge in [0.05, 0.1) is 26.4 Å². The van der Waals surface area contributed by atoms with Gasteiger partial charge in [-0.1, -0.05) is 40.9 Å². The molecule has 0 aliphatic carbocycles. The fourth-order valence-electron chi connectivity index (χ4n) is 1.54. The van der Waals surface area contributed by atoms with E-state index in [1.165, 1.54) is 30.3 Å². The molecule has 106 valence electrons. The molecule has 0 saturated carbocycles. The van der Waals surface area contributed by atoms with Gasteiger partial charge >= 0.3 is 0 Å². The van der Waals surface area contributed by atoms with Crippen LogP contribution in [0.4, 0.5) is 11.4 Å². The lowest BCUT2D eigenvalue weighted by molar-refractivity contribution is 0.601. The number of nitrogen functional groups attached to an aromatic ring is 1. The molecule has 20 heavy (non-hydrogen) atoms. The highest BCUT2D eigenvalue weighted by molar-refractivity contribution is 7.93. The third-order valence-electron chi connectivity index (χ3n) is 2.44. The van der Waals surface area contributed by atoms with E-state index < -0.39 is 10.0 Å². The Hall–Kier alpha value is -1.14. The van der Waals surface area contributed by atoms with E-state index in [-0.39, 0.29) is 25.7 Å². The molecular formula is C12H9Cl3N2O2S. The van der Waals surface area contributed by atoms with Crippen LogP contribution in [0.1, 0.15) is 0 Å². The van der Waals surface area contributed by atoms with Crippen molar-refractivity contribution in [1.82, 2.24) is 0 Å². The number of anilines is 2. The van der Waals surface area contributed by atoms with E-state index in [0.29, 0.717) is 5.69 Å². The highest BCUT2D eigenvalue weighted by atomic mass is 35.5. The van der Waals surface area contributed by atoms with Gasteiger partial charge in [0.2, 0.25) is 0 Å². The first kappa shape index (κ1) is 15.3. The molecule has 0 unspecified atom stereocenters.